The number of aliphatic carboxylic acids is 1. The number of nitrogens with one attached hydrogen (secondary N) is 2. The molecule has 33 heavy (non-hydrogen) atoms. The number of thioether (sulfide) groups is 1. The molecule has 174 valence electrons. The molecular formula is C25H28N2O5S. The van der Waals surface area contributed by atoms with Gasteiger partial charge in [0.2, 0.25) is 5.91 Å². The van der Waals surface area contributed by atoms with Crippen LogP contribution in [0, 0.1) is 11.8 Å². The van der Waals surface area contributed by atoms with Gasteiger partial charge in [-0.2, -0.15) is 11.8 Å². The Morgan fingerprint density at radius 1 is 1.09 bits per heavy atom. The molecule has 0 saturated heterocycles. The SMILES string of the molecule is CSCC[C@@H](NC(=O)[C@@H]1C[C@@H]1CNC(=O)OCC1c2ccccc2-c2ccccc21)C(=O)O. The first-order valence-electron chi connectivity index (χ1n) is 11.1. The lowest BCUT2D eigenvalue weighted by Crippen LogP contribution is -2.42. The van der Waals surface area contributed by atoms with Gasteiger partial charge < -0.3 is 20.5 Å². The van der Waals surface area contributed by atoms with Gasteiger partial charge in [-0.3, -0.25) is 4.79 Å². The first-order chi connectivity index (χ1) is 16.0. The molecule has 0 spiro atoms. The molecule has 2 aromatic rings. The Bertz CT molecular complexity index is 997. The number of rotatable bonds is 10. The van der Waals surface area contributed by atoms with Crippen LogP contribution in [-0.4, -0.2) is 54.3 Å². The molecule has 2 amide bonds. The molecule has 0 radical (unpaired) electrons. The molecule has 2 aliphatic rings. The fourth-order valence-electron chi connectivity index (χ4n) is 4.43. The Kier molecular flexibility index (Phi) is 7.23. The van der Waals surface area contributed by atoms with Crippen LogP contribution in [0.3, 0.4) is 0 Å². The normalized spacial score (nSPS) is 19.2. The Hall–Kier alpha value is -3.00. The third-order valence-electron chi connectivity index (χ3n) is 6.34. The molecule has 0 unspecified atom stereocenters. The minimum atomic E-state index is -1.02. The maximum absolute atomic E-state index is 12.3. The highest BCUT2D eigenvalue weighted by molar-refractivity contribution is 7.98. The second-order valence-corrected chi connectivity index (χ2v) is 9.48. The van der Waals surface area contributed by atoms with E-state index in [0.717, 1.165) is 11.1 Å². The number of carboxylic acids is 1. The molecule has 3 atom stereocenters. The predicted molar refractivity (Wildman–Crippen MR) is 127 cm³/mol. The molecule has 2 aromatic carbocycles. The van der Waals surface area contributed by atoms with E-state index in [9.17, 15) is 19.5 Å². The molecule has 7 nitrogen and oxygen atoms in total. The van der Waals surface area contributed by atoms with Crippen molar-refractivity contribution in [1.29, 1.82) is 0 Å². The highest BCUT2D eigenvalue weighted by atomic mass is 32.2. The van der Waals surface area contributed by atoms with E-state index < -0.39 is 18.1 Å². The van der Waals surface area contributed by atoms with Gasteiger partial charge in [0, 0.05) is 18.4 Å². The fraction of sp³-hybridized carbons (Fsp3) is 0.400. The van der Waals surface area contributed by atoms with Crippen LogP contribution in [0.4, 0.5) is 4.79 Å². The largest absolute Gasteiger partial charge is 0.480 e. The summed E-state index contributed by atoms with van der Waals surface area (Å²) in [5.41, 5.74) is 4.65. The average molecular weight is 469 g/mol. The standard InChI is InChI=1S/C25H28N2O5S/c1-33-11-10-22(24(29)30)27-23(28)20-12-15(20)13-26-25(31)32-14-21-18-8-4-2-6-16(18)17-7-3-5-9-19(17)21/h2-9,15,20-22H,10-14H2,1H3,(H,26,31)(H,27,28)(H,29,30)/t15-,20-,22-/m1/s1. The fourth-order valence-corrected chi connectivity index (χ4v) is 4.90. The number of carbonyl (C=O) groups excluding carboxylic acids is 2. The molecule has 0 heterocycles. The second kappa shape index (κ2) is 10.3. The third kappa shape index (κ3) is 5.33. The molecule has 1 saturated carbocycles. The van der Waals surface area contributed by atoms with Crippen LogP contribution in [0.15, 0.2) is 48.5 Å². The number of fused-ring (bicyclic) bond motifs is 3. The quantitative estimate of drug-likeness (QED) is 0.493. The van der Waals surface area contributed by atoms with Crippen molar-refractivity contribution in [2.45, 2.75) is 24.8 Å². The van der Waals surface area contributed by atoms with Gasteiger partial charge in [0.15, 0.2) is 0 Å². The van der Waals surface area contributed by atoms with E-state index in [0.29, 0.717) is 25.1 Å². The minimum Gasteiger partial charge on any atom is -0.480 e. The molecule has 0 bridgehead atoms. The third-order valence-corrected chi connectivity index (χ3v) is 6.98. The summed E-state index contributed by atoms with van der Waals surface area (Å²) in [5.74, 6) is -0.893. The van der Waals surface area contributed by atoms with E-state index in [2.05, 4.69) is 34.9 Å². The van der Waals surface area contributed by atoms with Gasteiger partial charge in [0.1, 0.15) is 12.6 Å². The van der Waals surface area contributed by atoms with Crippen molar-refractivity contribution in [2.75, 3.05) is 25.2 Å². The lowest BCUT2D eigenvalue weighted by atomic mass is 9.98. The van der Waals surface area contributed by atoms with Crippen molar-refractivity contribution in [3.8, 4) is 11.1 Å². The Labute approximate surface area is 197 Å². The van der Waals surface area contributed by atoms with Gasteiger partial charge >= 0.3 is 12.1 Å². The summed E-state index contributed by atoms with van der Waals surface area (Å²) >= 11 is 1.54. The Morgan fingerprint density at radius 2 is 1.73 bits per heavy atom. The molecule has 0 aromatic heterocycles. The lowest BCUT2D eigenvalue weighted by Gasteiger charge is -2.15. The minimum absolute atomic E-state index is 0.000442. The van der Waals surface area contributed by atoms with Crippen molar-refractivity contribution in [1.82, 2.24) is 10.6 Å². The smallest absolute Gasteiger partial charge is 0.407 e. The summed E-state index contributed by atoms with van der Waals surface area (Å²) < 4.78 is 5.52. The van der Waals surface area contributed by atoms with E-state index in [1.54, 1.807) is 11.8 Å². The van der Waals surface area contributed by atoms with Crippen molar-refractivity contribution in [3.63, 3.8) is 0 Å². The highest BCUT2D eigenvalue weighted by Crippen LogP contribution is 2.44. The molecule has 4 rings (SSSR count). The van der Waals surface area contributed by atoms with E-state index in [4.69, 9.17) is 4.74 Å². The van der Waals surface area contributed by atoms with E-state index in [1.165, 1.54) is 11.1 Å². The van der Waals surface area contributed by atoms with Gasteiger partial charge in [-0.05, 0) is 53.0 Å². The zero-order chi connectivity index (χ0) is 23.4. The van der Waals surface area contributed by atoms with Gasteiger partial charge in [-0.1, -0.05) is 48.5 Å². The van der Waals surface area contributed by atoms with Crippen LogP contribution in [0.1, 0.15) is 29.9 Å². The average Bonchev–Trinajstić information content (AvgIpc) is 3.54. The molecule has 8 heteroatoms. The van der Waals surface area contributed by atoms with Gasteiger partial charge in [0.05, 0.1) is 0 Å². The topological polar surface area (TPSA) is 105 Å². The van der Waals surface area contributed by atoms with Crippen LogP contribution >= 0.6 is 11.8 Å². The summed E-state index contributed by atoms with van der Waals surface area (Å²) in [6.45, 7) is 0.571. The van der Waals surface area contributed by atoms with Crippen LogP contribution in [0.5, 0.6) is 0 Å². The Morgan fingerprint density at radius 3 is 2.33 bits per heavy atom. The predicted octanol–water partition coefficient (Wildman–Crippen LogP) is 3.48. The van der Waals surface area contributed by atoms with Gasteiger partial charge in [-0.15, -0.1) is 0 Å². The number of hydrogen-bond donors (Lipinski definition) is 3. The zero-order valence-electron chi connectivity index (χ0n) is 18.5. The second-order valence-electron chi connectivity index (χ2n) is 8.49. The summed E-state index contributed by atoms with van der Waals surface area (Å²) in [6.07, 6.45) is 2.40. The number of amides is 2. The highest BCUT2D eigenvalue weighted by Gasteiger charge is 2.44. The van der Waals surface area contributed by atoms with Crippen LogP contribution < -0.4 is 10.6 Å². The molecular weight excluding hydrogens is 440 g/mol. The first kappa shape index (κ1) is 23.2. The van der Waals surface area contributed by atoms with Crippen molar-refractivity contribution >= 4 is 29.7 Å². The number of ether oxygens (including phenoxy) is 1. The van der Waals surface area contributed by atoms with Crippen LogP contribution in [0.2, 0.25) is 0 Å². The van der Waals surface area contributed by atoms with Crippen LogP contribution in [-0.2, 0) is 14.3 Å². The maximum Gasteiger partial charge on any atom is 0.407 e. The summed E-state index contributed by atoms with van der Waals surface area (Å²) in [7, 11) is 0. The number of carboxylic acid groups (broad SMARTS) is 1. The molecule has 1 fully saturated rings. The van der Waals surface area contributed by atoms with Gasteiger partial charge in [0.25, 0.3) is 0 Å². The number of alkyl carbamates (subject to hydrolysis) is 1. The molecule has 0 aliphatic heterocycles. The molecule has 3 N–H and O–H groups in total. The summed E-state index contributed by atoms with van der Waals surface area (Å²) in [6, 6.07) is 15.4. The Balaban J connectivity index is 1.24. The van der Waals surface area contributed by atoms with E-state index in [-0.39, 0.29) is 30.3 Å². The van der Waals surface area contributed by atoms with Crippen LogP contribution in [0.25, 0.3) is 11.1 Å². The van der Waals surface area contributed by atoms with Gasteiger partial charge in [-0.25, -0.2) is 9.59 Å². The lowest BCUT2D eigenvalue weighted by molar-refractivity contribution is -0.142. The zero-order valence-corrected chi connectivity index (χ0v) is 19.3. The molecule has 2 aliphatic carbocycles. The van der Waals surface area contributed by atoms with Crippen molar-refractivity contribution in [3.05, 3.63) is 59.7 Å². The maximum atomic E-state index is 12.3. The first-order valence-corrected chi connectivity index (χ1v) is 12.5. The number of carbonyl (C=O) groups is 3. The number of hydrogen-bond acceptors (Lipinski definition) is 5. The summed E-state index contributed by atoms with van der Waals surface area (Å²) in [4.78, 5) is 36.0. The summed E-state index contributed by atoms with van der Waals surface area (Å²) in [5, 5.41) is 14.6. The number of benzene rings is 2. The van der Waals surface area contributed by atoms with E-state index >= 15 is 0 Å². The van der Waals surface area contributed by atoms with E-state index in [1.807, 2.05) is 30.5 Å². The monoisotopic (exact) mass is 468 g/mol. The van der Waals surface area contributed by atoms with Crippen molar-refractivity contribution in [2.24, 2.45) is 11.8 Å². The van der Waals surface area contributed by atoms with Crippen molar-refractivity contribution < 1.29 is 24.2 Å².